The van der Waals surface area contributed by atoms with E-state index in [1.807, 2.05) is 6.92 Å². The van der Waals surface area contributed by atoms with Gasteiger partial charge in [0, 0.05) is 25.7 Å². The molecule has 0 spiro atoms. The van der Waals surface area contributed by atoms with Crippen molar-refractivity contribution in [2.75, 3.05) is 26.7 Å². The second kappa shape index (κ2) is 7.20. The van der Waals surface area contributed by atoms with Gasteiger partial charge in [0.2, 0.25) is 10.0 Å². The van der Waals surface area contributed by atoms with Crippen molar-refractivity contribution < 1.29 is 13.2 Å². The molecule has 0 bridgehead atoms. The van der Waals surface area contributed by atoms with E-state index < -0.39 is 10.0 Å². The van der Waals surface area contributed by atoms with Crippen LogP contribution in [0.25, 0.3) is 0 Å². The third-order valence-corrected chi connectivity index (χ3v) is 6.69. The van der Waals surface area contributed by atoms with Crippen molar-refractivity contribution >= 4 is 10.0 Å². The maximum atomic E-state index is 12.2. The first-order valence-corrected chi connectivity index (χ1v) is 9.35. The van der Waals surface area contributed by atoms with Crippen LogP contribution in [0.2, 0.25) is 0 Å². The van der Waals surface area contributed by atoms with Crippen LogP contribution in [0.4, 0.5) is 0 Å². The van der Waals surface area contributed by atoms with E-state index >= 15 is 0 Å². The average molecular weight is 304 g/mol. The standard InChI is InChI=1S/C14H28N2O3S/c1-12-14(8-11-19-12)20(17,18)15-9-10-16(2)13-6-4-3-5-7-13/h12-15H,3-11H2,1-2H3/t12-,14-/m1/s1. The molecular formula is C14H28N2O3S. The number of rotatable bonds is 6. The normalized spacial score (nSPS) is 29.1. The number of likely N-dealkylation sites (N-methyl/N-ethyl adjacent to an activating group) is 1. The van der Waals surface area contributed by atoms with Crippen LogP contribution in [0, 0.1) is 0 Å². The number of sulfonamides is 1. The van der Waals surface area contributed by atoms with Crippen molar-refractivity contribution in [2.24, 2.45) is 0 Å². The summed E-state index contributed by atoms with van der Waals surface area (Å²) in [7, 11) is -1.13. The van der Waals surface area contributed by atoms with Crippen LogP contribution in [0.3, 0.4) is 0 Å². The molecule has 1 N–H and O–H groups in total. The minimum atomic E-state index is -3.24. The van der Waals surface area contributed by atoms with Crippen LogP contribution >= 0.6 is 0 Å². The molecule has 0 aromatic carbocycles. The number of ether oxygens (including phenoxy) is 1. The van der Waals surface area contributed by atoms with E-state index in [0.29, 0.717) is 25.6 Å². The number of nitrogens with zero attached hydrogens (tertiary/aromatic N) is 1. The molecule has 1 aliphatic carbocycles. The van der Waals surface area contributed by atoms with Crippen LogP contribution in [0.5, 0.6) is 0 Å². The van der Waals surface area contributed by atoms with Gasteiger partial charge >= 0.3 is 0 Å². The molecule has 1 aliphatic heterocycles. The molecule has 0 aromatic heterocycles. The highest BCUT2D eigenvalue weighted by atomic mass is 32.2. The molecule has 0 aromatic rings. The van der Waals surface area contributed by atoms with Gasteiger partial charge in [-0.25, -0.2) is 13.1 Å². The Morgan fingerprint density at radius 2 is 1.90 bits per heavy atom. The van der Waals surface area contributed by atoms with Gasteiger partial charge in [0.1, 0.15) is 5.25 Å². The predicted molar refractivity (Wildman–Crippen MR) is 80.2 cm³/mol. The molecule has 2 rings (SSSR count). The van der Waals surface area contributed by atoms with Crippen molar-refractivity contribution in [2.45, 2.75) is 62.8 Å². The first-order chi connectivity index (χ1) is 9.50. The van der Waals surface area contributed by atoms with E-state index in [0.717, 1.165) is 6.54 Å². The van der Waals surface area contributed by atoms with Gasteiger partial charge in [-0.15, -0.1) is 0 Å². The summed E-state index contributed by atoms with van der Waals surface area (Å²) in [6, 6.07) is 0.627. The van der Waals surface area contributed by atoms with Crippen molar-refractivity contribution in [3.05, 3.63) is 0 Å². The van der Waals surface area contributed by atoms with Crippen LogP contribution in [0.15, 0.2) is 0 Å². The fraction of sp³-hybridized carbons (Fsp3) is 1.00. The van der Waals surface area contributed by atoms with Crippen LogP contribution in [0.1, 0.15) is 45.4 Å². The predicted octanol–water partition coefficient (Wildman–Crippen LogP) is 1.35. The minimum Gasteiger partial charge on any atom is -0.377 e. The number of nitrogens with one attached hydrogen (secondary N) is 1. The maximum absolute atomic E-state index is 12.2. The average Bonchev–Trinajstić information content (AvgIpc) is 2.86. The summed E-state index contributed by atoms with van der Waals surface area (Å²) in [5.74, 6) is 0. The highest BCUT2D eigenvalue weighted by Gasteiger charge is 2.35. The van der Waals surface area contributed by atoms with Crippen molar-refractivity contribution in [3.8, 4) is 0 Å². The zero-order valence-electron chi connectivity index (χ0n) is 12.7. The Hall–Kier alpha value is -0.170. The Labute approximate surface area is 123 Å². The third-order valence-electron chi connectivity index (χ3n) is 4.67. The summed E-state index contributed by atoms with van der Waals surface area (Å²) in [4.78, 5) is 2.30. The molecule has 5 nitrogen and oxygen atoms in total. The molecule has 2 atom stereocenters. The van der Waals surface area contributed by atoms with Gasteiger partial charge < -0.3 is 9.64 Å². The molecule has 2 aliphatic rings. The van der Waals surface area contributed by atoms with E-state index in [-0.39, 0.29) is 11.4 Å². The fourth-order valence-corrected chi connectivity index (χ4v) is 4.87. The van der Waals surface area contributed by atoms with E-state index in [9.17, 15) is 8.42 Å². The minimum absolute atomic E-state index is 0.191. The first-order valence-electron chi connectivity index (χ1n) is 7.81. The van der Waals surface area contributed by atoms with Gasteiger partial charge in [0.05, 0.1) is 6.10 Å². The Bertz CT molecular complexity index is 393. The van der Waals surface area contributed by atoms with Crippen LogP contribution in [-0.2, 0) is 14.8 Å². The molecule has 0 radical (unpaired) electrons. The Morgan fingerprint density at radius 1 is 1.20 bits per heavy atom. The summed E-state index contributed by atoms with van der Waals surface area (Å²) in [5, 5.41) is -0.387. The van der Waals surface area contributed by atoms with Crippen LogP contribution in [-0.4, -0.2) is 57.5 Å². The van der Waals surface area contributed by atoms with Crippen molar-refractivity contribution in [1.82, 2.24) is 9.62 Å². The molecule has 118 valence electrons. The van der Waals surface area contributed by atoms with Gasteiger partial charge in [-0.2, -0.15) is 0 Å². The smallest absolute Gasteiger partial charge is 0.217 e. The lowest BCUT2D eigenvalue weighted by molar-refractivity contribution is 0.126. The zero-order valence-corrected chi connectivity index (χ0v) is 13.5. The lowest BCUT2D eigenvalue weighted by atomic mass is 9.94. The summed E-state index contributed by atoms with van der Waals surface area (Å²) < 4.78 is 32.5. The Morgan fingerprint density at radius 3 is 2.50 bits per heavy atom. The summed E-state index contributed by atoms with van der Waals surface area (Å²) in [6.07, 6.45) is 6.86. The molecular weight excluding hydrogens is 276 g/mol. The molecule has 1 saturated heterocycles. The SMILES string of the molecule is C[C@H]1OCC[C@H]1S(=O)(=O)NCCN(C)C1CCCCC1. The van der Waals surface area contributed by atoms with Gasteiger partial charge in [-0.1, -0.05) is 19.3 Å². The highest BCUT2D eigenvalue weighted by Crippen LogP contribution is 2.22. The highest BCUT2D eigenvalue weighted by molar-refractivity contribution is 7.90. The maximum Gasteiger partial charge on any atom is 0.217 e. The molecule has 1 saturated carbocycles. The molecule has 0 unspecified atom stereocenters. The lowest BCUT2D eigenvalue weighted by Gasteiger charge is -2.31. The van der Waals surface area contributed by atoms with Crippen LogP contribution < -0.4 is 4.72 Å². The Balaban J connectivity index is 1.74. The van der Waals surface area contributed by atoms with E-state index in [1.165, 1.54) is 32.1 Å². The molecule has 1 heterocycles. The number of hydrogen-bond donors (Lipinski definition) is 1. The molecule has 20 heavy (non-hydrogen) atoms. The van der Waals surface area contributed by atoms with E-state index in [1.54, 1.807) is 0 Å². The quantitative estimate of drug-likeness (QED) is 0.805. The van der Waals surface area contributed by atoms with Crippen molar-refractivity contribution in [3.63, 3.8) is 0 Å². The molecule has 2 fully saturated rings. The summed E-state index contributed by atoms with van der Waals surface area (Å²) in [6.45, 7) is 3.67. The second-order valence-corrected chi connectivity index (χ2v) is 8.10. The number of hydrogen-bond acceptors (Lipinski definition) is 4. The zero-order chi connectivity index (χ0) is 14.6. The van der Waals surface area contributed by atoms with Gasteiger partial charge in [0.25, 0.3) is 0 Å². The van der Waals surface area contributed by atoms with E-state index in [4.69, 9.17) is 4.74 Å². The summed E-state index contributed by atoms with van der Waals surface area (Å²) in [5.41, 5.74) is 0. The van der Waals surface area contributed by atoms with Gasteiger partial charge in [-0.3, -0.25) is 0 Å². The molecule has 6 heteroatoms. The fourth-order valence-electron chi connectivity index (χ4n) is 3.30. The summed E-state index contributed by atoms with van der Waals surface area (Å²) >= 11 is 0. The first kappa shape index (κ1) is 16.2. The second-order valence-electron chi connectivity index (χ2n) is 6.11. The largest absolute Gasteiger partial charge is 0.377 e. The van der Waals surface area contributed by atoms with Crippen molar-refractivity contribution in [1.29, 1.82) is 0 Å². The van der Waals surface area contributed by atoms with Gasteiger partial charge in [-0.05, 0) is 33.2 Å². The monoisotopic (exact) mass is 304 g/mol. The molecule has 0 amide bonds. The topological polar surface area (TPSA) is 58.6 Å². The Kier molecular flexibility index (Phi) is 5.84. The third kappa shape index (κ3) is 4.16. The lowest BCUT2D eigenvalue weighted by Crippen LogP contribution is -2.43. The van der Waals surface area contributed by atoms with E-state index in [2.05, 4.69) is 16.7 Å². The van der Waals surface area contributed by atoms with Gasteiger partial charge in [0.15, 0.2) is 0 Å².